The van der Waals surface area contributed by atoms with Gasteiger partial charge in [-0.25, -0.2) is 9.59 Å². The molecule has 3 amide bonds. The number of carbonyl (C=O) groups is 4. The number of ether oxygens (including phenoxy) is 1. The Balaban J connectivity index is 1.34. The average molecular weight is 683 g/mol. The molecule has 0 bridgehead atoms. The maximum absolute atomic E-state index is 14.4. The molecule has 1 saturated carbocycles. The van der Waals surface area contributed by atoms with E-state index in [4.69, 9.17) is 14.9 Å². The van der Waals surface area contributed by atoms with E-state index in [9.17, 15) is 24.3 Å². The highest BCUT2D eigenvalue weighted by Gasteiger charge is 2.61. The van der Waals surface area contributed by atoms with E-state index in [-0.39, 0.29) is 25.3 Å². The number of hydrogen-bond donors (Lipinski definition) is 3. The van der Waals surface area contributed by atoms with Gasteiger partial charge in [0.25, 0.3) is 0 Å². The minimum atomic E-state index is -1.43. The van der Waals surface area contributed by atoms with Gasteiger partial charge in [0.15, 0.2) is 0 Å². The van der Waals surface area contributed by atoms with Crippen molar-refractivity contribution in [3.05, 3.63) is 84.1 Å². The minimum absolute atomic E-state index is 0.0977. The standard InChI is InChI=1S/C38H46N6O6/c1-37(2,3)50-36(49)39-29-20-14-6-4-5-13-19-27-23-38(27,35(47)48)40-33(45)31-22-28(24-43(31)34(29)46)44-41-30(21-25-15-9-7-10-16-25)32(42-44)26-17-11-8-12-18-26/h7-13,15-19,27-29,31H,4-6,14,20-24H2,1-3H3,(H,39,49)(H,40,45)(H,47,48)/t27-,28+,29+,31+,38-/m1/s1. The van der Waals surface area contributed by atoms with Crippen LogP contribution >= 0.6 is 0 Å². The first-order valence-electron chi connectivity index (χ1n) is 17.5. The SMILES string of the molecule is CC(C)(C)OC(=O)N[C@H]1CCCCCC=C[C@@H]2C[C@@]2(C(=O)O)NC(=O)[C@@H]2C[C@H](n3nc(Cc4ccccc4)c(-c4ccccc4)n3)CN2C1=O. The number of amides is 3. The van der Waals surface area contributed by atoms with Crippen LogP contribution in [0.25, 0.3) is 11.3 Å². The summed E-state index contributed by atoms with van der Waals surface area (Å²) in [5.74, 6) is -2.42. The van der Waals surface area contributed by atoms with E-state index in [1.165, 1.54) is 4.90 Å². The largest absolute Gasteiger partial charge is 0.479 e. The van der Waals surface area contributed by atoms with Gasteiger partial charge in [-0.05, 0) is 52.0 Å². The zero-order chi connectivity index (χ0) is 35.5. The second-order valence-corrected chi connectivity index (χ2v) is 14.6. The lowest BCUT2D eigenvalue weighted by Crippen LogP contribution is -2.56. The molecule has 1 aliphatic carbocycles. The van der Waals surface area contributed by atoms with Gasteiger partial charge in [0.05, 0.1) is 11.7 Å². The Bertz CT molecular complexity index is 1730. The van der Waals surface area contributed by atoms with Crippen molar-refractivity contribution in [1.29, 1.82) is 0 Å². The third-order valence-electron chi connectivity index (χ3n) is 9.62. The Hall–Kier alpha value is -5.00. The maximum Gasteiger partial charge on any atom is 0.408 e. The van der Waals surface area contributed by atoms with E-state index >= 15 is 0 Å². The van der Waals surface area contributed by atoms with E-state index in [1.807, 2.05) is 72.8 Å². The summed E-state index contributed by atoms with van der Waals surface area (Å²) in [5, 5.41) is 25.7. The molecule has 5 atom stereocenters. The number of carboxylic acids is 1. The zero-order valence-corrected chi connectivity index (χ0v) is 28.9. The normalized spacial score (nSPS) is 25.8. The molecule has 0 unspecified atom stereocenters. The van der Waals surface area contributed by atoms with Gasteiger partial charge in [-0.1, -0.05) is 85.7 Å². The van der Waals surface area contributed by atoms with Gasteiger partial charge < -0.3 is 25.4 Å². The van der Waals surface area contributed by atoms with Crippen molar-refractivity contribution >= 4 is 23.9 Å². The fourth-order valence-corrected chi connectivity index (χ4v) is 6.94. The number of allylic oxidation sites excluding steroid dienone is 1. The first kappa shape index (κ1) is 34.8. The van der Waals surface area contributed by atoms with Crippen LogP contribution in [0.15, 0.2) is 72.8 Å². The summed E-state index contributed by atoms with van der Waals surface area (Å²) in [6.45, 7) is 5.35. The molecular weight excluding hydrogens is 636 g/mol. The molecule has 2 aliphatic heterocycles. The molecule has 3 aliphatic rings. The predicted molar refractivity (Wildman–Crippen MR) is 186 cm³/mol. The van der Waals surface area contributed by atoms with Gasteiger partial charge in [0, 0.05) is 30.9 Å². The molecule has 0 spiro atoms. The molecule has 1 saturated heterocycles. The molecule has 50 heavy (non-hydrogen) atoms. The summed E-state index contributed by atoms with van der Waals surface area (Å²) >= 11 is 0. The molecule has 0 radical (unpaired) electrons. The number of nitrogens with zero attached hydrogens (tertiary/aromatic N) is 4. The number of alkyl carbamates (subject to hydrolysis) is 1. The summed E-state index contributed by atoms with van der Waals surface area (Å²) in [6, 6.07) is 17.3. The number of aromatic nitrogens is 3. The number of rotatable bonds is 6. The summed E-state index contributed by atoms with van der Waals surface area (Å²) in [6.07, 6.45) is 7.55. The molecule has 2 aromatic carbocycles. The second-order valence-electron chi connectivity index (χ2n) is 14.6. The average Bonchev–Trinajstić information content (AvgIpc) is 3.37. The molecule has 3 N–H and O–H groups in total. The second kappa shape index (κ2) is 14.5. The van der Waals surface area contributed by atoms with Gasteiger partial charge >= 0.3 is 12.1 Å². The van der Waals surface area contributed by atoms with E-state index in [1.54, 1.807) is 25.6 Å². The Labute approximate surface area is 292 Å². The van der Waals surface area contributed by atoms with E-state index in [2.05, 4.69) is 10.6 Å². The highest BCUT2D eigenvalue weighted by Crippen LogP contribution is 2.45. The Morgan fingerprint density at radius 3 is 2.44 bits per heavy atom. The van der Waals surface area contributed by atoms with Crippen molar-refractivity contribution in [3.8, 4) is 11.3 Å². The topological polar surface area (TPSA) is 156 Å². The van der Waals surface area contributed by atoms with Crippen LogP contribution < -0.4 is 10.6 Å². The molecule has 12 nitrogen and oxygen atoms in total. The number of nitrogens with one attached hydrogen (secondary N) is 2. The smallest absolute Gasteiger partial charge is 0.408 e. The summed E-state index contributed by atoms with van der Waals surface area (Å²) in [4.78, 5) is 57.0. The van der Waals surface area contributed by atoms with Crippen LogP contribution in [-0.4, -0.2) is 78.6 Å². The van der Waals surface area contributed by atoms with Crippen LogP contribution in [0, 0.1) is 5.92 Å². The van der Waals surface area contributed by atoms with Crippen molar-refractivity contribution < 1.29 is 29.0 Å². The molecule has 2 fully saturated rings. The first-order valence-corrected chi connectivity index (χ1v) is 17.5. The molecule has 3 heterocycles. The molecule has 264 valence electrons. The van der Waals surface area contributed by atoms with Gasteiger partial charge in [0.2, 0.25) is 11.8 Å². The van der Waals surface area contributed by atoms with Crippen LogP contribution in [0.2, 0.25) is 0 Å². The van der Waals surface area contributed by atoms with Crippen LogP contribution in [-0.2, 0) is 25.5 Å². The highest BCUT2D eigenvalue weighted by atomic mass is 16.6. The van der Waals surface area contributed by atoms with E-state index < -0.39 is 53.1 Å². The first-order chi connectivity index (χ1) is 23.9. The van der Waals surface area contributed by atoms with Gasteiger partial charge in [0.1, 0.15) is 28.9 Å². The number of hydrogen-bond acceptors (Lipinski definition) is 7. The summed E-state index contributed by atoms with van der Waals surface area (Å²) < 4.78 is 5.50. The van der Waals surface area contributed by atoms with Crippen LogP contribution in [0.4, 0.5) is 4.79 Å². The minimum Gasteiger partial charge on any atom is -0.479 e. The number of aliphatic carboxylic acids is 1. The fraction of sp³-hybridized carbons (Fsp3) is 0.474. The number of carbonyl (C=O) groups excluding carboxylic acids is 3. The Kier molecular flexibility index (Phi) is 10.1. The molecule has 6 rings (SSSR count). The van der Waals surface area contributed by atoms with Crippen molar-refractivity contribution in [1.82, 2.24) is 30.5 Å². The zero-order valence-electron chi connectivity index (χ0n) is 28.9. The van der Waals surface area contributed by atoms with Crippen LogP contribution in [0.3, 0.4) is 0 Å². The summed E-state index contributed by atoms with van der Waals surface area (Å²) in [5.41, 5.74) is 1.22. The third kappa shape index (κ3) is 7.90. The molecule has 3 aromatic rings. The van der Waals surface area contributed by atoms with Crippen LogP contribution in [0.1, 0.15) is 83.0 Å². The maximum atomic E-state index is 14.4. The Morgan fingerprint density at radius 1 is 1.02 bits per heavy atom. The van der Waals surface area contributed by atoms with Crippen molar-refractivity contribution in [2.75, 3.05) is 6.54 Å². The highest BCUT2D eigenvalue weighted by molar-refractivity contribution is 5.96. The molecule has 12 heteroatoms. The number of fused-ring (bicyclic) bond motifs is 2. The van der Waals surface area contributed by atoms with E-state index in [0.717, 1.165) is 36.1 Å². The summed E-state index contributed by atoms with van der Waals surface area (Å²) in [7, 11) is 0. The number of benzene rings is 2. The van der Waals surface area contributed by atoms with Gasteiger partial charge in [-0.3, -0.25) is 9.59 Å². The number of carboxylic acid groups (broad SMARTS) is 1. The lowest BCUT2D eigenvalue weighted by molar-refractivity contribution is -0.145. The fourth-order valence-electron chi connectivity index (χ4n) is 6.94. The van der Waals surface area contributed by atoms with E-state index in [0.29, 0.717) is 25.0 Å². The van der Waals surface area contributed by atoms with Gasteiger partial charge in [-0.15, -0.1) is 0 Å². The van der Waals surface area contributed by atoms with Crippen LogP contribution in [0.5, 0.6) is 0 Å². The van der Waals surface area contributed by atoms with Crippen molar-refractivity contribution in [3.63, 3.8) is 0 Å². The lowest BCUT2D eigenvalue weighted by atomic mass is 10.0. The predicted octanol–water partition coefficient (Wildman–Crippen LogP) is 5.05. The monoisotopic (exact) mass is 682 g/mol. The van der Waals surface area contributed by atoms with Crippen molar-refractivity contribution in [2.24, 2.45) is 5.92 Å². The molecular formula is C38H46N6O6. The third-order valence-corrected chi connectivity index (χ3v) is 9.62. The van der Waals surface area contributed by atoms with Gasteiger partial charge in [-0.2, -0.15) is 15.0 Å². The lowest BCUT2D eigenvalue weighted by Gasteiger charge is -2.30. The quantitative estimate of drug-likeness (QED) is 0.305. The molecule has 1 aromatic heterocycles. The van der Waals surface area contributed by atoms with Crippen molar-refractivity contribution in [2.45, 2.75) is 101 Å². The Morgan fingerprint density at radius 2 is 1.74 bits per heavy atom.